The maximum Gasteiger partial charge on any atom is 0.123 e. The monoisotopic (exact) mass is 177 g/mol. The van der Waals surface area contributed by atoms with Crippen LogP contribution in [-0.4, -0.2) is 5.11 Å². The predicted octanol–water partition coefficient (Wildman–Crippen LogP) is 2.28. The number of hydrogen-bond donors (Lipinski definition) is 2. The molecule has 1 unspecified atom stereocenters. The quantitative estimate of drug-likeness (QED) is 0.696. The van der Waals surface area contributed by atoms with Gasteiger partial charge in [0.1, 0.15) is 5.75 Å². The lowest BCUT2D eigenvalue weighted by Gasteiger charge is -2.12. The Labute approximate surface area is 78.7 Å². The third-order valence-corrected chi connectivity index (χ3v) is 2.09. The SMILES string of the molecule is C=CCC(N)c1cccc(C)c1O. The molecule has 1 atom stereocenters. The first-order valence-corrected chi connectivity index (χ1v) is 4.31. The molecule has 0 saturated heterocycles. The molecule has 1 aromatic carbocycles. The summed E-state index contributed by atoms with van der Waals surface area (Å²) in [4.78, 5) is 0. The smallest absolute Gasteiger partial charge is 0.123 e. The molecule has 1 aromatic rings. The highest BCUT2D eigenvalue weighted by atomic mass is 16.3. The third kappa shape index (κ3) is 2.10. The van der Waals surface area contributed by atoms with Gasteiger partial charge in [-0.1, -0.05) is 24.3 Å². The van der Waals surface area contributed by atoms with Gasteiger partial charge in [0.05, 0.1) is 0 Å². The largest absolute Gasteiger partial charge is 0.507 e. The summed E-state index contributed by atoms with van der Waals surface area (Å²) < 4.78 is 0. The molecule has 0 amide bonds. The molecule has 3 N–H and O–H groups in total. The fraction of sp³-hybridized carbons (Fsp3) is 0.273. The molecule has 0 fully saturated rings. The van der Waals surface area contributed by atoms with Crippen LogP contribution in [0.3, 0.4) is 0 Å². The van der Waals surface area contributed by atoms with Gasteiger partial charge in [0, 0.05) is 11.6 Å². The molecule has 1 rings (SSSR count). The van der Waals surface area contributed by atoms with E-state index in [1.807, 2.05) is 25.1 Å². The first-order chi connectivity index (χ1) is 6.16. The van der Waals surface area contributed by atoms with Gasteiger partial charge in [-0.15, -0.1) is 6.58 Å². The lowest BCUT2D eigenvalue weighted by molar-refractivity contribution is 0.457. The minimum absolute atomic E-state index is 0.155. The van der Waals surface area contributed by atoms with Crippen LogP contribution in [0.5, 0.6) is 5.75 Å². The van der Waals surface area contributed by atoms with Crippen LogP contribution in [0.25, 0.3) is 0 Å². The number of aryl methyl sites for hydroxylation is 1. The number of para-hydroxylation sites is 1. The minimum atomic E-state index is -0.155. The van der Waals surface area contributed by atoms with E-state index >= 15 is 0 Å². The Hall–Kier alpha value is -1.28. The maximum absolute atomic E-state index is 9.68. The van der Waals surface area contributed by atoms with E-state index in [4.69, 9.17) is 5.73 Å². The third-order valence-electron chi connectivity index (χ3n) is 2.09. The molecule has 0 saturated carbocycles. The number of rotatable bonds is 3. The lowest BCUT2D eigenvalue weighted by Crippen LogP contribution is -2.09. The summed E-state index contributed by atoms with van der Waals surface area (Å²) in [6.07, 6.45) is 2.43. The van der Waals surface area contributed by atoms with Gasteiger partial charge in [0.2, 0.25) is 0 Å². The summed E-state index contributed by atoms with van der Waals surface area (Å²) in [5.41, 5.74) is 7.49. The van der Waals surface area contributed by atoms with Crippen LogP contribution < -0.4 is 5.73 Å². The van der Waals surface area contributed by atoms with Crippen molar-refractivity contribution in [3.05, 3.63) is 42.0 Å². The Morgan fingerprint density at radius 3 is 2.92 bits per heavy atom. The Morgan fingerprint density at radius 1 is 1.62 bits per heavy atom. The van der Waals surface area contributed by atoms with Crippen molar-refractivity contribution in [2.75, 3.05) is 0 Å². The van der Waals surface area contributed by atoms with Gasteiger partial charge in [0.25, 0.3) is 0 Å². The van der Waals surface area contributed by atoms with Crippen LogP contribution in [0.2, 0.25) is 0 Å². The standard InChI is InChI=1S/C11H15NO/c1-3-5-10(12)9-7-4-6-8(2)11(9)13/h3-4,6-7,10,13H,1,5,12H2,2H3. The molecule has 70 valence electrons. The van der Waals surface area contributed by atoms with Crippen LogP contribution in [0.4, 0.5) is 0 Å². The molecule has 0 radical (unpaired) electrons. The fourth-order valence-electron chi connectivity index (χ4n) is 1.29. The van der Waals surface area contributed by atoms with Gasteiger partial charge in [-0.2, -0.15) is 0 Å². The van der Waals surface area contributed by atoms with Crippen molar-refractivity contribution in [1.82, 2.24) is 0 Å². The second-order valence-corrected chi connectivity index (χ2v) is 3.14. The summed E-state index contributed by atoms with van der Waals surface area (Å²) in [5.74, 6) is 0.303. The average Bonchev–Trinajstić information content (AvgIpc) is 2.10. The number of phenols is 1. The van der Waals surface area contributed by atoms with Crippen LogP contribution in [0.1, 0.15) is 23.6 Å². The number of aromatic hydroxyl groups is 1. The molecule has 13 heavy (non-hydrogen) atoms. The summed E-state index contributed by atoms with van der Waals surface area (Å²) >= 11 is 0. The van der Waals surface area contributed by atoms with E-state index in [2.05, 4.69) is 6.58 Å². The van der Waals surface area contributed by atoms with E-state index in [0.717, 1.165) is 11.1 Å². The van der Waals surface area contributed by atoms with Gasteiger partial charge in [0.15, 0.2) is 0 Å². The second kappa shape index (κ2) is 4.10. The van der Waals surface area contributed by atoms with E-state index < -0.39 is 0 Å². The molecule has 2 heteroatoms. The molecule has 0 aliphatic heterocycles. The van der Waals surface area contributed by atoms with E-state index in [9.17, 15) is 5.11 Å². The van der Waals surface area contributed by atoms with Crippen molar-refractivity contribution in [2.45, 2.75) is 19.4 Å². The predicted molar refractivity (Wildman–Crippen MR) is 54.6 cm³/mol. The van der Waals surface area contributed by atoms with Gasteiger partial charge in [-0.25, -0.2) is 0 Å². The molecule has 0 aliphatic rings. The van der Waals surface area contributed by atoms with E-state index in [1.165, 1.54) is 0 Å². The molecule has 0 aromatic heterocycles. The van der Waals surface area contributed by atoms with Crippen LogP contribution >= 0.6 is 0 Å². The summed E-state index contributed by atoms with van der Waals surface area (Å²) in [6.45, 7) is 5.48. The number of phenolic OH excluding ortho intramolecular Hbond substituents is 1. The molecule has 0 spiro atoms. The van der Waals surface area contributed by atoms with Crippen molar-refractivity contribution < 1.29 is 5.11 Å². The van der Waals surface area contributed by atoms with Crippen molar-refractivity contribution >= 4 is 0 Å². The second-order valence-electron chi connectivity index (χ2n) is 3.14. The maximum atomic E-state index is 9.68. The number of nitrogens with two attached hydrogens (primary N) is 1. The Balaban J connectivity index is 3.00. The highest BCUT2D eigenvalue weighted by Crippen LogP contribution is 2.27. The number of benzene rings is 1. The fourth-order valence-corrected chi connectivity index (χ4v) is 1.29. The minimum Gasteiger partial charge on any atom is -0.507 e. The number of hydrogen-bond acceptors (Lipinski definition) is 2. The normalized spacial score (nSPS) is 12.5. The van der Waals surface area contributed by atoms with E-state index in [0.29, 0.717) is 12.2 Å². The molecule has 0 bridgehead atoms. The van der Waals surface area contributed by atoms with Crippen LogP contribution in [0.15, 0.2) is 30.9 Å². The molecule has 0 heterocycles. The highest BCUT2D eigenvalue weighted by molar-refractivity contribution is 5.41. The van der Waals surface area contributed by atoms with Crippen molar-refractivity contribution in [2.24, 2.45) is 5.73 Å². The Kier molecular flexibility index (Phi) is 3.09. The van der Waals surface area contributed by atoms with Gasteiger partial charge in [-0.3, -0.25) is 0 Å². The zero-order valence-corrected chi connectivity index (χ0v) is 7.83. The van der Waals surface area contributed by atoms with Crippen molar-refractivity contribution in [3.8, 4) is 5.75 Å². The van der Waals surface area contributed by atoms with Crippen LogP contribution in [-0.2, 0) is 0 Å². The first-order valence-electron chi connectivity index (χ1n) is 4.31. The zero-order chi connectivity index (χ0) is 9.84. The molecule has 2 nitrogen and oxygen atoms in total. The van der Waals surface area contributed by atoms with Crippen LogP contribution in [0, 0.1) is 6.92 Å². The van der Waals surface area contributed by atoms with E-state index in [-0.39, 0.29) is 6.04 Å². The molecular weight excluding hydrogens is 162 g/mol. The summed E-state index contributed by atoms with van der Waals surface area (Å²) in [7, 11) is 0. The van der Waals surface area contributed by atoms with Gasteiger partial charge < -0.3 is 10.8 Å². The van der Waals surface area contributed by atoms with Gasteiger partial charge >= 0.3 is 0 Å². The average molecular weight is 177 g/mol. The highest BCUT2D eigenvalue weighted by Gasteiger charge is 2.09. The zero-order valence-electron chi connectivity index (χ0n) is 7.83. The van der Waals surface area contributed by atoms with E-state index in [1.54, 1.807) is 6.08 Å². The first kappa shape index (κ1) is 9.81. The van der Waals surface area contributed by atoms with Crippen molar-refractivity contribution in [3.63, 3.8) is 0 Å². The summed E-state index contributed by atoms with van der Waals surface area (Å²) in [6, 6.07) is 5.45. The Morgan fingerprint density at radius 2 is 2.31 bits per heavy atom. The Bertz CT molecular complexity index is 307. The lowest BCUT2D eigenvalue weighted by atomic mass is 10.0. The molecule has 0 aliphatic carbocycles. The van der Waals surface area contributed by atoms with Crippen molar-refractivity contribution in [1.29, 1.82) is 0 Å². The van der Waals surface area contributed by atoms with Gasteiger partial charge in [-0.05, 0) is 18.9 Å². The molecular formula is C11H15NO. The topological polar surface area (TPSA) is 46.2 Å². The summed E-state index contributed by atoms with van der Waals surface area (Å²) in [5, 5.41) is 9.68.